The first kappa shape index (κ1) is 9.05. The van der Waals surface area contributed by atoms with Crippen molar-refractivity contribution in [2.45, 2.75) is 46.1 Å². The Labute approximate surface area is 69.8 Å². The fourth-order valence-corrected chi connectivity index (χ4v) is 1.98. The molecule has 1 aliphatic rings. The summed E-state index contributed by atoms with van der Waals surface area (Å²) in [7, 11) is 0. The van der Waals surface area contributed by atoms with Gasteiger partial charge < -0.3 is 5.11 Å². The van der Waals surface area contributed by atoms with Gasteiger partial charge in [-0.05, 0) is 30.6 Å². The maximum absolute atomic E-state index is 10.1. The van der Waals surface area contributed by atoms with Gasteiger partial charge >= 0.3 is 0 Å². The molecule has 0 bridgehead atoms. The summed E-state index contributed by atoms with van der Waals surface area (Å²) in [6, 6.07) is 0. The number of aliphatic hydroxyl groups is 1. The molecule has 0 heterocycles. The lowest BCUT2D eigenvalue weighted by Gasteiger charge is -2.49. The molecule has 1 heteroatoms. The van der Waals surface area contributed by atoms with E-state index >= 15 is 0 Å². The highest BCUT2D eigenvalue weighted by Gasteiger charge is 2.46. The van der Waals surface area contributed by atoms with E-state index in [2.05, 4.69) is 27.7 Å². The first-order chi connectivity index (χ1) is 4.98. The van der Waals surface area contributed by atoms with Gasteiger partial charge in [-0.1, -0.05) is 27.7 Å². The highest BCUT2D eigenvalue weighted by molar-refractivity contribution is 4.98. The molecule has 66 valence electrons. The molecule has 0 aromatic heterocycles. The smallest absolute Gasteiger partial charge is 0.0701 e. The molecule has 0 aromatic carbocycles. The second kappa shape index (κ2) is 2.78. The summed E-state index contributed by atoms with van der Waals surface area (Å²) in [5.74, 6) is 1.56. The van der Waals surface area contributed by atoms with Crippen LogP contribution in [0.5, 0.6) is 0 Å². The molecule has 0 saturated heterocycles. The fourth-order valence-electron chi connectivity index (χ4n) is 1.98. The SMILES string of the molecule is CC(C)C(C)C1(O)CCC1C. The third kappa shape index (κ3) is 1.31. The molecule has 1 fully saturated rings. The Morgan fingerprint density at radius 3 is 2.00 bits per heavy atom. The van der Waals surface area contributed by atoms with E-state index in [0.29, 0.717) is 17.8 Å². The maximum Gasteiger partial charge on any atom is 0.0701 e. The van der Waals surface area contributed by atoms with Crippen LogP contribution in [-0.2, 0) is 0 Å². The van der Waals surface area contributed by atoms with E-state index in [-0.39, 0.29) is 5.60 Å². The van der Waals surface area contributed by atoms with Crippen molar-refractivity contribution < 1.29 is 5.11 Å². The Morgan fingerprint density at radius 2 is 1.91 bits per heavy atom. The van der Waals surface area contributed by atoms with Crippen LogP contribution in [0, 0.1) is 17.8 Å². The standard InChI is InChI=1S/C10H20O/c1-7(2)9(4)10(11)6-5-8(10)3/h7-9,11H,5-6H2,1-4H3. The lowest BCUT2D eigenvalue weighted by molar-refractivity contribution is -0.137. The molecule has 1 nitrogen and oxygen atoms in total. The highest BCUT2D eigenvalue weighted by atomic mass is 16.3. The van der Waals surface area contributed by atoms with Gasteiger partial charge in [0.05, 0.1) is 5.60 Å². The zero-order chi connectivity index (χ0) is 8.65. The van der Waals surface area contributed by atoms with Gasteiger partial charge in [-0.15, -0.1) is 0 Å². The van der Waals surface area contributed by atoms with Crippen molar-refractivity contribution in [3.63, 3.8) is 0 Å². The van der Waals surface area contributed by atoms with Crippen molar-refractivity contribution in [3.05, 3.63) is 0 Å². The van der Waals surface area contributed by atoms with Crippen molar-refractivity contribution in [3.8, 4) is 0 Å². The highest BCUT2D eigenvalue weighted by Crippen LogP contribution is 2.45. The van der Waals surface area contributed by atoms with Gasteiger partial charge in [0.25, 0.3) is 0 Å². The second-order valence-electron chi connectivity index (χ2n) is 4.46. The molecule has 0 aliphatic heterocycles. The molecule has 0 aromatic rings. The summed E-state index contributed by atoms with van der Waals surface area (Å²) in [5.41, 5.74) is -0.339. The van der Waals surface area contributed by atoms with Gasteiger partial charge in [0.1, 0.15) is 0 Å². The van der Waals surface area contributed by atoms with Crippen LogP contribution in [0.4, 0.5) is 0 Å². The number of hydrogen-bond acceptors (Lipinski definition) is 1. The van der Waals surface area contributed by atoms with Gasteiger partial charge in [0, 0.05) is 0 Å². The minimum absolute atomic E-state index is 0.339. The lowest BCUT2D eigenvalue weighted by atomic mass is 9.61. The third-order valence-electron chi connectivity index (χ3n) is 3.62. The molecular weight excluding hydrogens is 136 g/mol. The van der Waals surface area contributed by atoms with Gasteiger partial charge in [0.2, 0.25) is 0 Å². The normalized spacial score (nSPS) is 40.4. The van der Waals surface area contributed by atoms with E-state index in [1.54, 1.807) is 0 Å². The van der Waals surface area contributed by atoms with Crippen LogP contribution in [0.2, 0.25) is 0 Å². The predicted molar refractivity (Wildman–Crippen MR) is 47.3 cm³/mol. The fraction of sp³-hybridized carbons (Fsp3) is 1.00. The number of hydrogen-bond donors (Lipinski definition) is 1. The van der Waals surface area contributed by atoms with Gasteiger partial charge in [0.15, 0.2) is 0 Å². The summed E-state index contributed by atoms with van der Waals surface area (Å²) in [6.45, 7) is 8.70. The molecule has 0 spiro atoms. The minimum Gasteiger partial charge on any atom is -0.389 e. The van der Waals surface area contributed by atoms with Crippen molar-refractivity contribution in [2.75, 3.05) is 0 Å². The van der Waals surface area contributed by atoms with Gasteiger partial charge in [-0.3, -0.25) is 0 Å². The lowest BCUT2D eigenvalue weighted by Crippen LogP contribution is -2.52. The summed E-state index contributed by atoms with van der Waals surface area (Å²) >= 11 is 0. The Kier molecular flexibility index (Phi) is 2.29. The van der Waals surface area contributed by atoms with E-state index < -0.39 is 0 Å². The van der Waals surface area contributed by atoms with Gasteiger partial charge in [-0.2, -0.15) is 0 Å². The molecule has 1 aliphatic carbocycles. The largest absolute Gasteiger partial charge is 0.389 e. The first-order valence-electron chi connectivity index (χ1n) is 4.71. The molecule has 1 saturated carbocycles. The van der Waals surface area contributed by atoms with E-state index in [4.69, 9.17) is 0 Å². The van der Waals surface area contributed by atoms with Crippen molar-refractivity contribution in [1.82, 2.24) is 0 Å². The van der Waals surface area contributed by atoms with Crippen LogP contribution in [0.1, 0.15) is 40.5 Å². The minimum atomic E-state index is -0.339. The summed E-state index contributed by atoms with van der Waals surface area (Å²) in [6.07, 6.45) is 2.21. The van der Waals surface area contributed by atoms with E-state index in [0.717, 1.165) is 6.42 Å². The monoisotopic (exact) mass is 156 g/mol. The van der Waals surface area contributed by atoms with Crippen LogP contribution in [-0.4, -0.2) is 10.7 Å². The quantitative estimate of drug-likeness (QED) is 0.651. The Balaban J connectivity index is 2.58. The van der Waals surface area contributed by atoms with Gasteiger partial charge in [-0.25, -0.2) is 0 Å². The Hall–Kier alpha value is -0.0400. The zero-order valence-corrected chi connectivity index (χ0v) is 8.09. The summed E-state index contributed by atoms with van der Waals surface area (Å²) < 4.78 is 0. The third-order valence-corrected chi connectivity index (χ3v) is 3.62. The molecule has 3 atom stereocenters. The average molecular weight is 156 g/mol. The molecule has 0 radical (unpaired) electrons. The van der Waals surface area contributed by atoms with E-state index in [1.807, 2.05) is 0 Å². The summed E-state index contributed by atoms with van der Waals surface area (Å²) in [4.78, 5) is 0. The molecule has 1 rings (SSSR count). The van der Waals surface area contributed by atoms with Crippen LogP contribution < -0.4 is 0 Å². The topological polar surface area (TPSA) is 20.2 Å². The summed E-state index contributed by atoms with van der Waals surface area (Å²) in [5, 5.41) is 10.1. The molecule has 1 N–H and O–H groups in total. The van der Waals surface area contributed by atoms with Crippen molar-refractivity contribution >= 4 is 0 Å². The van der Waals surface area contributed by atoms with Crippen LogP contribution in [0.25, 0.3) is 0 Å². The molecule has 11 heavy (non-hydrogen) atoms. The Morgan fingerprint density at radius 1 is 1.36 bits per heavy atom. The van der Waals surface area contributed by atoms with Crippen LogP contribution in [0.15, 0.2) is 0 Å². The van der Waals surface area contributed by atoms with E-state index in [9.17, 15) is 5.11 Å². The van der Waals surface area contributed by atoms with Crippen molar-refractivity contribution in [2.24, 2.45) is 17.8 Å². The van der Waals surface area contributed by atoms with E-state index in [1.165, 1.54) is 6.42 Å². The van der Waals surface area contributed by atoms with Crippen LogP contribution in [0.3, 0.4) is 0 Å². The molecule has 0 amide bonds. The predicted octanol–water partition coefficient (Wildman–Crippen LogP) is 2.44. The second-order valence-corrected chi connectivity index (χ2v) is 4.46. The average Bonchev–Trinajstić information content (AvgIpc) is 1.98. The first-order valence-corrected chi connectivity index (χ1v) is 4.71. The zero-order valence-electron chi connectivity index (χ0n) is 8.09. The van der Waals surface area contributed by atoms with Crippen LogP contribution >= 0.6 is 0 Å². The number of rotatable bonds is 2. The Bertz CT molecular complexity index is 142. The maximum atomic E-state index is 10.1. The molecular formula is C10H20O. The molecule has 3 unspecified atom stereocenters. The van der Waals surface area contributed by atoms with Crippen molar-refractivity contribution in [1.29, 1.82) is 0 Å².